The van der Waals surface area contributed by atoms with Crippen LogP contribution in [0.1, 0.15) is 16.5 Å². The Hall–Kier alpha value is -4.11. The average Bonchev–Trinajstić information content (AvgIpc) is 3.55. The van der Waals surface area contributed by atoms with Gasteiger partial charge in [-0.25, -0.2) is 9.67 Å². The number of nitrogens with zero attached hydrogens (tertiary/aromatic N) is 5. The van der Waals surface area contributed by atoms with E-state index in [0.717, 1.165) is 10.6 Å². The first-order chi connectivity index (χ1) is 15.2. The van der Waals surface area contributed by atoms with Gasteiger partial charge in [-0.2, -0.15) is 4.98 Å². The molecule has 3 aromatic heterocycles. The van der Waals surface area contributed by atoms with E-state index < -0.39 is 5.91 Å². The molecule has 0 saturated carbocycles. The first kappa shape index (κ1) is 18.9. The SMILES string of the molecule is Cc1nc(-c2ccccc2NC(=O)c2nc(-c3cccs3)n(-c3ccccc3)n2)no1. The van der Waals surface area contributed by atoms with E-state index in [2.05, 4.69) is 25.5 Å². The molecule has 0 fully saturated rings. The highest BCUT2D eigenvalue weighted by molar-refractivity contribution is 7.13. The van der Waals surface area contributed by atoms with E-state index in [0.29, 0.717) is 28.8 Å². The Bertz CT molecular complexity index is 1340. The normalized spacial score (nSPS) is 10.9. The molecule has 2 aromatic carbocycles. The molecule has 1 amide bonds. The van der Waals surface area contributed by atoms with Gasteiger partial charge in [-0.15, -0.1) is 16.4 Å². The molecule has 5 rings (SSSR count). The number of benzene rings is 2. The Labute approximate surface area is 181 Å². The molecule has 5 aromatic rings. The number of carbonyl (C=O) groups excluding carboxylic acids is 1. The summed E-state index contributed by atoms with van der Waals surface area (Å²) in [5.74, 6) is 1.08. The second-order valence-electron chi connectivity index (χ2n) is 6.62. The number of anilines is 1. The molecule has 1 N–H and O–H groups in total. The third kappa shape index (κ3) is 3.74. The standard InChI is InChI=1S/C22H16N6O2S/c1-14-23-19(27-30-14)16-10-5-6-11-17(16)24-22(29)20-25-21(18-12-7-13-31-18)28(26-20)15-8-3-2-4-9-15/h2-13H,1H3,(H,24,29). The Morgan fingerprint density at radius 1 is 1.00 bits per heavy atom. The number of nitrogens with one attached hydrogen (secondary N) is 1. The van der Waals surface area contributed by atoms with Gasteiger partial charge in [0, 0.05) is 12.5 Å². The van der Waals surface area contributed by atoms with E-state index in [4.69, 9.17) is 4.52 Å². The lowest BCUT2D eigenvalue weighted by molar-refractivity contribution is 0.101. The maximum absolute atomic E-state index is 13.1. The van der Waals surface area contributed by atoms with Gasteiger partial charge in [0.1, 0.15) is 0 Å². The highest BCUT2D eigenvalue weighted by Gasteiger charge is 2.21. The number of amides is 1. The number of aryl methyl sites for hydroxylation is 1. The van der Waals surface area contributed by atoms with Crippen molar-refractivity contribution in [3.63, 3.8) is 0 Å². The van der Waals surface area contributed by atoms with Gasteiger partial charge in [-0.3, -0.25) is 4.79 Å². The minimum atomic E-state index is -0.430. The lowest BCUT2D eigenvalue weighted by Crippen LogP contribution is -2.15. The van der Waals surface area contributed by atoms with Crippen LogP contribution < -0.4 is 5.32 Å². The molecule has 152 valence electrons. The number of thiophene rings is 1. The van der Waals surface area contributed by atoms with E-state index in [-0.39, 0.29) is 5.82 Å². The summed E-state index contributed by atoms with van der Waals surface area (Å²) < 4.78 is 6.75. The summed E-state index contributed by atoms with van der Waals surface area (Å²) in [6.45, 7) is 1.71. The van der Waals surface area contributed by atoms with Crippen LogP contribution in [0.2, 0.25) is 0 Å². The largest absolute Gasteiger partial charge is 0.339 e. The summed E-state index contributed by atoms with van der Waals surface area (Å²) in [7, 11) is 0. The summed E-state index contributed by atoms with van der Waals surface area (Å²) >= 11 is 1.53. The smallest absolute Gasteiger partial charge is 0.295 e. The monoisotopic (exact) mass is 428 g/mol. The molecular formula is C22H16N6O2S. The number of hydrogen-bond donors (Lipinski definition) is 1. The minimum absolute atomic E-state index is 0.0614. The highest BCUT2D eigenvalue weighted by atomic mass is 32.1. The number of hydrogen-bond acceptors (Lipinski definition) is 7. The van der Waals surface area contributed by atoms with Crippen LogP contribution in [0.4, 0.5) is 5.69 Å². The van der Waals surface area contributed by atoms with Crippen LogP contribution in [0.25, 0.3) is 27.8 Å². The van der Waals surface area contributed by atoms with E-state index in [1.807, 2.05) is 66.0 Å². The number of para-hydroxylation sites is 2. The van der Waals surface area contributed by atoms with Gasteiger partial charge in [-0.05, 0) is 35.7 Å². The Balaban J connectivity index is 1.51. The van der Waals surface area contributed by atoms with Crippen LogP contribution in [-0.2, 0) is 0 Å². The molecule has 0 spiro atoms. The van der Waals surface area contributed by atoms with Gasteiger partial charge in [0.15, 0.2) is 5.82 Å². The number of carbonyl (C=O) groups is 1. The zero-order valence-corrected chi connectivity index (χ0v) is 17.2. The summed E-state index contributed by atoms with van der Waals surface area (Å²) in [4.78, 5) is 22.8. The molecule has 0 radical (unpaired) electrons. The van der Waals surface area contributed by atoms with E-state index in [1.54, 1.807) is 17.7 Å². The van der Waals surface area contributed by atoms with Crippen molar-refractivity contribution in [2.24, 2.45) is 0 Å². The lowest BCUT2D eigenvalue weighted by Gasteiger charge is -2.06. The fraction of sp³-hybridized carbons (Fsp3) is 0.0455. The fourth-order valence-corrected chi connectivity index (χ4v) is 3.80. The van der Waals surface area contributed by atoms with Crippen molar-refractivity contribution in [2.75, 3.05) is 5.32 Å². The van der Waals surface area contributed by atoms with Crippen molar-refractivity contribution in [3.8, 4) is 27.8 Å². The summed E-state index contributed by atoms with van der Waals surface area (Å²) in [6, 6.07) is 20.7. The second kappa shape index (κ2) is 7.96. The van der Waals surface area contributed by atoms with E-state index in [9.17, 15) is 4.79 Å². The maximum atomic E-state index is 13.1. The van der Waals surface area contributed by atoms with Crippen molar-refractivity contribution >= 4 is 22.9 Å². The second-order valence-corrected chi connectivity index (χ2v) is 7.57. The molecule has 0 aliphatic rings. The molecule has 0 atom stereocenters. The third-order valence-corrected chi connectivity index (χ3v) is 5.36. The minimum Gasteiger partial charge on any atom is -0.339 e. The van der Waals surface area contributed by atoms with Crippen molar-refractivity contribution in [3.05, 3.63) is 83.8 Å². The maximum Gasteiger partial charge on any atom is 0.295 e. The van der Waals surface area contributed by atoms with Crippen molar-refractivity contribution in [1.82, 2.24) is 24.9 Å². The van der Waals surface area contributed by atoms with Crippen LogP contribution >= 0.6 is 11.3 Å². The molecule has 31 heavy (non-hydrogen) atoms. The van der Waals surface area contributed by atoms with Crippen LogP contribution in [0.15, 0.2) is 76.6 Å². The summed E-state index contributed by atoms with van der Waals surface area (Å²) in [6.07, 6.45) is 0. The highest BCUT2D eigenvalue weighted by Crippen LogP contribution is 2.28. The van der Waals surface area contributed by atoms with Gasteiger partial charge in [0.25, 0.3) is 5.91 Å². The molecule has 3 heterocycles. The predicted octanol–water partition coefficient (Wildman–Crippen LogP) is 4.61. The fourth-order valence-electron chi connectivity index (χ4n) is 3.10. The predicted molar refractivity (Wildman–Crippen MR) is 117 cm³/mol. The number of aromatic nitrogens is 5. The molecule has 8 nitrogen and oxygen atoms in total. The zero-order chi connectivity index (χ0) is 21.2. The Morgan fingerprint density at radius 2 is 1.81 bits per heavy atom. The van der Waals surface area contributed by atoms with Crippen molar-refractivity contribution < 1.29 is 9.32 Å². The van der Waals surface area contributed by atoms with Gasteiger partial charge in [-0.1, -0.05) is 41.6 Å². The van der Waals surface area contributed by atoms with Gasteiger partial charge in [0.2, 0.25) is 17.5 Å². The summed E-state index contributed by atoms with van der Waals surface area (Å²) in [5, 5.41) is 13.3. The van der Waals surface area contributed by atoms with Crippen LogP contribution in [-0.4, -0.2) is 30.8 Å². The molecule has 0 aliphatic heterocycles. The Kier molecular flexibility index (Phi) is 4.85. The molecule has 9 heteroatoms. The lowest BCUT2D eigenvalue weighted by atomic mass is 10.1. The van der Waals surface area contributed by atoms with Gasteiger partial charge >= 0.3 is 0 Å². The molecule has 0 bridgehead atoms. The summed E-state index contributed by atoms with van der Waals surface area (Å²) in [5.41, 5.74) is 2.01. The first-order valence-electron chi connectivity index (χ1n) is 9.46. The van der Waals surface area contributed by atoms with Crippen LogP contribution in [0.3, 0.4) is 0 Å². The zero-order valence-electron chi connectivity index (χ0n) is 16.4. The van der Waals surface area contributed by atoms with Gasteiger partial charge < -0.3 is 9.84 Å². The average molecular weight is 428 g/mol. The van der Waals surface area contributed by atoms with Crippen LogP contribution in [0, 0.1) is 6.92 Å². The topological polar surface area (TPSA) is 98.7 Å². The molecule has 0 aliphatic carbocycles. The van der Waals surface area contributed by atoms with E-state index >= 15 is 0 Å². The number of rotatable bonds is 5. The van der Waals surface area contributed by atoms with Crippen molar-refractivity contribution in [1.29, 1.82) is 0 Å². The van der Waals surface area contributed by atoms with Crippen molar-refractivity contribution in [2.45, 2.75) is 6.92 Å². The third-order valence-electron chi connectivity index (χ3n) is 4.50. The first-order valence-corrected chi connectivity index (χ1v) is 10.3. The molecule has 0 unspecified atom stereocenters. The van der Waals surface area contributed by atoms with E-state index in [1.165, 1.54) is 11.3 Å². The molecular weight excluding hydrogens is 412 g/mol. The Morgan fingerprint density at radius 3 is 2.55 bits per heavy atom. The quantitative estimate of drug-likeness (QED) is 0.439. The van der Waals surface area contributed by atoms with Crippen LogP contribution in [0.5, 0.6) is 0 Å². The molecule has 0 saturated heterocycles. The van der Waals surface area contributed by atoms with Gasteiger partial charge in [0.05, 0.1) is 16.3 Å².